The first kappa shape index (κ1) is 11.0. The monoisotopic (exact) mass is 235 g/mol. The number of halogens is 1. The van der Waals surface area contributed by atoms with Gasteiger partial charge in [0.05, 0.1) is 0 Å². The number of rotatable bonds is 2. The van der Waals surface area contributed by atoms with Gasteiger partial charge in [-0.3, -0.25) is 4.90 Å². The third-order valence-corrected chi connectivity index (χ3v) is 3.93. The highest BCUT2D eigenvalue weighted by Gasteiger charge is 2.35. The van der Waals surface area contributed by atoms with Gasteiger partial charge in [-0.05, 0) is 31.9 Å². The van der Waals surface area contributed by atoms with Gasteiger partial charge >= 0.3 is 0 Å². The van der Waals surface area contributed by atoms with E-state index in [1.165, 1.54) is 44.6 Å². The average molecular weight is 235 g/mol. The lowest BCUT2D eigenvalue weighted by Crippen LogP contribution is -2.41. The Morgan fingerprint density at radius 2 is 2.24 bits per heavy atom. The number of hydrogen-bond acceptors (Lipinski definition) is 3. The highest BCUT2D eigenvalue weighted by atomic mass is 19.1. The predicted octanol–water partition coefficient (Wildman–Crippen LogP) is 2.26. The molecule has 17 heavy (non-hydrogen) atoms. The summed E-state index contributed by atoms with van der Waals surface area (Å²) >= 11 is 0. The van der Waals surface area contributed by atoms with Crippen LogP contribution in [-0.2, 0) is 0 Å². The van der Waals surface area contributed by atoms with E-state index < -0.39 is 5.95 Å². The Bertz CT molecular complexity index is 396. The molecule has 2 aliphatic heterocycles. The van der Waals surface area contributed by atoms with E-state index in [2.05, 4.69) is 15.2 Å². The van der Waals surface area contributed by atoms with Crippen molar-refractivity contribution in [3.8, 4) is 0 Å². The largest absolute Gasteiger partial charge is 0.381 e. The van der Waals surface area contributed by atoms with Crippen molar-refractivity contribution < 1.29 is 4.39 Å². The smallest absolute Gasteiger partial charge is 0.214 e. The second kappa shape index (κ2) is 4.61. The van der Waals surface area contributed by atoms with Crippen LogP contribution in [0.5, 0.6) is 0 Å². The normalized spacial score (nSPS) is 29.0. The van der Waals surface area contributed by atoms with Gasteiger partial charge in [0.15, 0.2) is 0 Å². The molecule has 1 N–H and O–H groups in total. The first-order valence-electron chi connectivity index (χ1n) is 6.45. The van der Waals surface area contributed by atoms with Crippen LogP contribution < -0.4 is 5.32 Å². The second-order valence-electron chi connectivity index (χ2n) is 5.01. The van der Waals surface area contributed by atoms with Gasteiger partial charge in [0.25, 0.3) is 0 Å². The van der Waals surface area contributed by atoms with Crippen molar-refractivity contribution in [3.05, 3.63) is 24.3 Å². The predicted molar refractivity (Wildman–Crippen MR) is 65.4 cm³/mol. The first-order chi connectivity index (χ1) is 8.33. The van der Waals surface area contributed by atoms with Crippen LogP contribution in [0.1, 0.15) is 25.7 Å². The van der Waals surface area contributed by atoms with Crippen molar-refractivity contribution in [1.29, 1.82) is 0 Å². The second-order valence-corrected chi connectivity index (χ2v) is 5.01. The van der Waals surface area contributed by atoms with Gasteiger partial charge < -0.3 is 5.32 Å². The minimum absolute atomic E-state index is 0.409. The molecule has 4 heteroatoms. The molecule has 0 radical (unpaired) electrons. The van der Waals surface area contributed by atoms with Gasteiger partial charge in [-0.25, -0.2) is 4.98 Å². The van der Waals surface area contributed by atoms with Crippen LogP contribution in [0.3, 0.4) is 0 Å². The fourth-order valence-electron chi connectivity index (χ4n) is 3.12. The van der Waals surface area contributed by atoms with Crippen LogP contribution in [0.25, 0.3) is 0 Å². The van der Waals surface area contributed by atoms with Crippen molar-refractivity contribution >= 4 is 5.69 Å². The summed E-state index contributed by atoms with van der Waals surface area (Å²) in [7, 11) is 0. The fraction of sp³-hybridized carbons (Fsp3) is 0.615. The average Bonchev–Trinajstić information content (AvgIpc) is 2.73. The van der Waals surface area contributed by atoms with Gasteiger partial charge in [-0.15, -0.1) is 0 Å². The molecule has 0 saturated carbocycles. The Kier molecular flexibility index (Phi) is 2.97. The molecule has 2 atom stereocenters. The standard InChI is InChI=1S/C13H18FN3/c14-13-9-10(4-6-15-13)16-11-5-8-17-7-2-1-3-12(11)17/h4,6,9,11-12H,1-3,5,7-8H2,(H,15,16). The SMILES string of the molecule is Fc1cc(NC2CCN3CCCCC23)ccn1. The number of piperidine rings is 1. The Hall–Kier alpha value is -1.16. The van der Waals surface area contributed by atoms with Crippen molar-refractivity contribution in [2.24, 2.45) is 0 Å². The first-order valence-corrected chi connectivity index (χ1v) is 6.45. The summed E-state index contributed by atoms with van der Waals surface area (Å²) in [5.74, 6) is -0.409. The molecule has 2 fully saturated rings. The topological polar surface area (TPSA) is 28.2 Å². The Morgan fingerprint density at radius 3 is 3.12 bits per heavy atom. The van der Waals surface area contributed by atoms with Crippen molar-refractivity contribution in [3.63, 3.8) is 0 Å². The summed E-state index contributed by atoms with van der Waals surface area (Å²) in [6.07, 6.45) is 6.60. The van der Waals surface area contributed by atoms with Crippen LogP contribution in [0.2, 0.25) is 0 Å². The highest BCUT2D eigenvalue weighted by molar-refractivity contribution is 5.43. The lowest BCUT2D eigenvalue weighted by molar-refractivity contribution is 0.193. The molecular formula is C13H18FN3. The van der Waals surface area contributed by atoms with Gasteiger partial charge in [0.2, 0.25) is 5.95 Å². The molecule has 2 aliphatic rings. The van der Waals surface area contributed by atoms with Crippen molar-refractivity contribution in [2.45, 2.75) is 37.8 Å². The zero-order valence-electron chi connectivity index (χ0n) is 9.90. The number of anilines is 1. The molecule has 3 rings (SSSR count). The van der Waals surface area contributed by atoms with E-state index in [9.17, 15) is 4.39 Å². The Labute approximate surface area is 101 Å². The van der Waals surface area contributed by atoms with Crippen molar-refractivity contribution in [1.82, 2.24) is 9.88 Å². The summed E-state index contributed by atoms with van der Waals surface area (Å²) < 4.78 is 13.0. The minimum atomic E-state index is -0.409. The van der Waals surface area contributed by atoms with E-state index >= 15 is 0 Å². The number of hydrogen-bond donors (Lipinski definition) is 1. The van der Waals surface area contributed by atoms with E-state index in [1.54, 1.807) is 0 Å². The van der Waals surface area contributed by atoms with Crippen LogP contribution >= 0.6 is 0 Å². The molecule has 1 aromatic heterocycles. The minimum Gasteiger partial charge on any atom is -0.381 e. The van der Waals surface area contributed by atoms with E-state index in [4.69, 9.17) is 0 Å². The van der Waals surface area contributed by atoms with Crippen LogP contribution in [0, 0.1) is 5.95 Å². The molecule has 3 heterocycles. The lowest BCUT2D eigenvalue weighted by atomic mass is 9.99. The molecule has 0 aromatic carbocycles. The van der Waals surface area contributed by atoms with E-state index in [0.717, 1.165) is 12.1 Å². The molecule has 92 valence electrons. The number of fused-ring (bicyclic) bond motifs is 1. The van der Waals surface area contributed by atoms with Crippen LogP contribution in [-0.4, -0.2) is 35.1 Å². The van der Waals surface area contributed by atoms with Gasteiger partial charge in [-0.2, -0.15) is 4.39 Å². The number of aromatic nitrogens is 1. The molecular weight excluding hydrogens is 217 g/mol. The maximum Gasteiger partial charge on any atom is 0.214 e. The molecule has 0 spiro atoms. The van der Waals surface area contributed by atoms with Gasteiger partial charge in [0, 0.05) is 36.6 Å². The summed E-state index contributed by atoms with van der Waals surface area (Å²) in [6, 6.07) is 4.43. The van der Waals surface area contributed by atoms with Crippen LogP contribution in [0.4, 0.5) is 10.1 Å². The number of nitrogens with zero attached hydrogens (tertiary/aromatic N) is 2. The Morgan fingerprint density at radius 1 is 1.29 bits per heavy atom. The molecule has 2 saturated heterocycles. The highest BCUT2D eigenvalue weighted by Crippen LogP contribution is 2.29. The third kappa shape index (κ3) is 2.27. The van der Waals surface area contributed by atoms with Crippen molar-refractivity contribution in [2.75, 3.05) is 18.4 Å². The van der Waals surface area contributed by atoms with E-state index in [1.807, 2.05) is 6.07 Å². The molecule has 1 aromatic rings. The maximum atomic E-state index is 13.0. The quantitative estimate of drug-likeness (QED) is 0.797. The summed E-state index contributed by atoms with van der Waals surface area (Å²) in [6.45, 7) is 2.41. The molecule has 0 amide bonds. The molecule has 0 aliphatic carbocycles. The fourth-order valence-corrected chi connectivity index (χ4v) is 3.12. The summed E-state index contributed by atoms with van der Waals surface area (Å²) in [5.41, 5.74) is 0.856. The third-order valence-electron chi connectivity index (χ3n) is 3.93. The lowest BCUT2D eigenvalue weighted by Gasteiger charge is -2.32. The summed E-state index contributed by atoms with van der Waals surface area (Å²) in [5, 5.41) is 3.46. The van der Waals surface area contributed by atoms with Gasteiger partial charge in [0.1, 0.15) is 0 Å². The maximum absolute atomic E-state index is 13.0. The van der Waals surface area contributed by atoms with Crippen LogP contribution in [0.15, 0.2) is 18.3 Å². The number of nitrogens with one attached hydrogen (secondary N) is 1. The van der Waals surface area contributed by atoms with E-state index in [0.29, 0.717) is 12.1 Å². The zero-order chi connectivity index (χ0) is 11.7. The molecule has 0 bridgehead atoms. The Balaban J connectivity index is 1.69. The summed E-state index contributed by atoms with van der Waals surface area (Å²) in [4.78, 5) is 6.15. The zero-order valence-corrected chi connectivity index (χ0v) is 9.90. The molecule has 2 unspecified atom stereocenters. The molecule has 3 nitrogen and oxygen atoms in total. The number of pyridine rings is 1. The van der Waals surface area contributed by atoms with Gasteiger partial charge in [-0.1, -0.05) is 6.42 Å². The van der Waals surface area contributed by atoms with E-state index in [-0.39, 0.29) is 0 Å².